The first-order valence-electron chi connectivity index (χ1n) is 5.24. The van der Waals surface area contributed by atoms with Gasteiger partial charge in [0, 0.05) is 11.5 Å². The van der Waals surface area contributed by atoms with Crippen molar-refractivity contribution in [1.29, 1.82) is 0 Å². The van der Waals surface area contributed by atoms with E-state index in [2.05, 4.69) is 0 Å². The van der Waals surface area contributed by atoms with E-state index in [-0.39, 0.29) is 12.0 Å². The number of aliphatic hydroxyl groups is 1. The Morgan fingerprint density at radius 3 is 2.57 bits per heavy atom. The van der Waals surface area contributed by atoms with Gasteiger partial charge in [-0.15, -0.1) is 0 Å². The van der Waals surface area contributed by atoms with Gasteiger partial charge in [-0.2, -0.15) is 0 Å². The summed E-state index contributed by atoms with van der Waals surface area (Å²) in [7, 11) is 0. The van der Waals surface area contributed by atoms with Gasteiger partial charge in [-0.05, 0) is 25.7 Å². The highest BCUT2D eigenvalue weighted by Gasteiger charge is 2.56. The predicted molar refractivity (Wildman–Crippen MR) is 50.6 cm³/mol. The van der Waals surface area contributed by atoms with Crippen LogP contribution in [-0.2, 0) is 4.79 Å². The van der Waals surface area contributed by atoms with Crippen LogP contribution in [0, 0.1) is 11.3 Å². The highest BCUT2D eigenvalue weighted by molar-refractivity contribution is 5.71. The number of nitrogens with two attached hydrogens (primary N) is 1. The summed E-state index contributed by atoms with van der Waals surface area (Å²) >= 11 is 0. The Hall–Kier alpha value is -0.610. The molecule has 0 aromatic carbocycles. The Morgan fingerprint density at radius 2 is 2.07 bits per heavy atom. The zero-order valence-electron chi connectivity index (χ0n) is 8.15. The smallest absolute Gasteiger partial charge is 0.307 e. The van der Waals surface area contributed by atoms with Gasteiger partial charge in [0.05, 0.1) is 12.0 Å². The lowest BCUT2D eigenvalue weighted by molar-refractivity contribution is -0.148. The minimum Gasteiger partial charge on any atom is -0.481 e. The molecule has 0 bridgehead atoms. The summed E-state index contributed by atoms with van der Waals surface area (Å²) in [5.41, 5.74) is 5.34. The fourth-order valence-electron chi connectivity index (χ4n) is 3.29. The van der Waals surface area contributed by atoms with Crippen molar-refractivity contribution >= 4 is 5.97 Å². The van der Waals surface area contributed by atoms with Crippen molar-refractivity contribution in [2.75, 3.05) is 0 Å². The standard InChI is InChI=1S/C10H17NO3/c11-7-3-5-10(8(7)12)4-1-2-6(10)9(13)14/h6-8,12H,1-5,11H2,(H,13,14)/t6?,7-,8-,10+/m0/s1. The second-order valence-electron chi connectivity index (χ2n) is 4.66. The quantitative estimate of drug-likeness (QED) is 0.568. The summed E-state index contributed by atoms with van der Waals surface area (Å²) < 4.78 is 0. The zero-order valence-corrected chi connectivity index (χ0v) is 8.15. The van der Waals surface area contributed by atoms with Crippen LogP contribution < -0.4 is 5.73 Å². The van der Waals surface area contributed by atoms with Crippen LogP contribution in [0.3, 0.4) is 0 Å². The van der Waals surface area contributed by atoms with Gasteiger partial charge in [-0.1, -0.05) is 6.42 Å². The molecule has 2 rings (SSSR count). The lowest BCUT2D eigenvalue weighted by Gasteiger charge is -2.33. The summed E-state index contributed by atoms with van der Waals surface area (Å²) in [6, 6.07) is -0.227. The van der Waals surface area contributed by atoms with Crippen molar-refractivity contribution in [3.05, 3.63) is 0 Å². The number of carbonyl (C=O) groups is 1. The molecule has 2 fully saturated rings. The molecule has 4 atom stereocenters. The second kappa shape index (κ2) is 3.21. The van der Waals surface area contributed by atoms with Crippen LogP contribution in [0.1, 0.15) is 32.1 Å². The molecule has 0 heterocycles. The maximum atomic E-state index is 11.1. The molecule has 14 heavy (non-hydrogen) atoms. The van der Waals surface area contributed by atoms with Crippen molar-refractivity contribution in [2.45, 2.75) is 44.2 Å². The van der Waals surface area contributed by atoms with Crippen LogP contribution in [0.15, 0.2) is 0 Å². The van der Waals surface area contributed by atoms with Crippen molar-refractivity contribution in [3.63, 3.8) is 0 Å². The van der Waals surface area contributed by atoms with E-state index in [1.165, 1.54) is 0 Å². The summed E-state index contributed by atoms with van der Waals surface area (Å²) in [6.07, 6.45) is 3.32. The van der Waals surface area contributed by atoms with E-state index in [1.807, 2.05) is 0 Å². The number of rotatable bonds is 1. The van der Waals surface area contributed by atoms with Crippen molar-refractivity contribution < 1.29 is 15.0 Å². The van der Waals surface area contributed by atoms with E-state index in [1.54, 1.807) is 0 Å². The highest BCUT2D eigenvalue weighted by atomic mass is 16.4. The number of hydrogen-bond donors (Lipinski definition) is 3. The minimum absolute atomic E-state index is 0.227. The molecule has 2 aliphatic carbocycles. The van der Waals surface area contributed by atoms with Crippen molar-refractivity contribution in [1.82, 2.24) is 0 Å². The lowest BCUT2D eigenvalue weighted by atomic mass is 9.74. The lowest BCUT2D eigenvalue weighted by Crippen LogP contribution is -2.44. The first-order valence-corrected chi connectivity index (χ1v) is 5.24. The molecule has 0 radical (unpaired) electrons. The topological polar surface area (TPSA) is 83.6 Å². The van der Waals surface area contributed by atoms with Gasteiger partial charge >= 0.3 is 5.97 Å². The SMILES string of the molecule is N[C@H]1CC[C@@]2(CCCC2C(=O)O)[C@H]1O. The molecule has 0 amide bonds. The number of hydrogen-bond acceptors (Lipinski definition) is 3. The molecular formula is C10H17NO3. The van der Waals surface area contributed by atoms with E-state index in [4.69, 9.17) is 10.8 Å². The van der Waals surface area contributed by atoms with Crippen molar-refractivity contribution in [3.8, 4) is 0 Å². The highest BCUT2D eigenvalue weighted by Crippen LogP contribution is 2.53. The van der Waals surface area contributed by atoms with Gasteiger partial charge in [-0.25, -0.2) is 0 Å². The summed E-state index contributed by atoms with van der Waals surface area (Å²) in [5.74, 6) is -1.15. The van der Waals surface area contributed by atoms with Gasteiger partial charge in [0.2, 0.25) is 0 Å². The fraction of sp³-hybridized carbons (Fsp3) is 0.900. The largest absolute Gasteiger partial charge is 0.481 e. The average molecular weight is 199 g/mol. The average Bonchev–Trinajstić information content (AvgIpc) is 2.67. The maximum absolute atomic E-state index is 11.1. The molecule has 2 saturated carbocycles. The number of carboxylic acids is 1. The van der Waals surface area contributed by atoms with Crippen LogP contribution in [0.25, 0.3) is 0 Å². The Kier molecular flexibility index (Phi) is 2.27. The molecule has 4 N–H and O–H groups in total. The number of aliphatic carboxylic acids is 1. The van der Waals surface area contributed by atoms with E-state index in [9.17, 15) is 9.90 Å². The third kappa shape index (κ3) is 1.17. The molecule has 0 aromatic heterocycles. The van der Waals surface area contributed by atoms with Gasteiger partial charge in [0.15, 0.2) is 0 Å². The van der Waals surface area contributed by atoms with Crippen LogP contribution in [-0.4, -0.2) is 28.3 Å². The molecule has 80 valence electrons. The summed E-state index contributed by atoms with van der Waals surface area (Å²) in [4.78, 5) is 11.1. The third-order valence-electron chi connectivity index (χ3n) is 4.06. The van der Waals surface area contributed by atoms with Crippen LogP contribution in [0.2, 0.25) is 0 Å². The molecular weight excluding hydrogens is 182 g/mol. The van der Waals surface area contributed by atoms with E-state index < -0.39 is 17.5 Å². The Balaban J connectivity index is 2.26. The Bertz CT molecular complexity index is 256. The third-order valence-corrected chi connectivity index (χ3v) is 4.06. The first-order chi connectivity index (χ1) is 6.58. The zero-order chi connectivity index (χ0) is 10.3. The van der Waals surface area contributed by atoms with Crippen LogP contribution >= 0.6 is 0 Å². The molecule has 4 nitrogen and oxygen atoms in total. The molecule has 0 saturated heterocycles. The molecule has 2 aliphatic rings. The van der Waals surface area contributed by atoms with E-state index in [0.29, 0.717) is 6.42 Å². The van der Waals surface area contributed by atoms with Crippen LogP contribution in [0.5, 0.6) is 0 Å². The predicted octanol–water partition coefficient (Wildman–Crippen LogP) is 0.339. The van der Waals surface area contributed by atoms with E-state index >= 15 is 0 Å². The molecule has 0 aliphatic heterocycles. The molecule has 0 aromatic rings. The molecule has 4 heteroatoms. The number of aliphatic hydroxyl groups excluding tert-OH is 1. The Labute approximate surface area is 83.1 Å². The number of carboxylic acid groups (broad SMARTS) is 1. The van der Waals surface area contributed by atoms with Crippen LogP contribution in [0.4, 0.5) is 0 Å². The van der Waals surface area contributed by atoms with Gasteiger partial charge < -0.3 is 15.9 Å². The second-order valence-corrected chi connectivity index (χ2v) is 4.66. The van der Waals surface area contributed by atoms with Gasteiger partial charge in [0.1, 0.15) is 0 Å². The summed E-state index contributed by atoms with van der Waals surface area (Å²) in [6.45, 7) is 0. The maximum Gasteiger partial charge on any atom is 0.307 e. The Morgan fingerprint density at radius 1 is 1.36 bits per heavy atom. The molecule has 1 spiro atoms. The van der Waals surface area contributed by atoms with Crippen molar-refractivity contribution in [2.24, 2.45) is 17.1 Å². The van der Waals surface area contributed by atoms with Gasteiger partial charge in [0.25, 0.3) is 0 Å². The monoisotopic (exact) mass is 199 g/mol. The fourth-order valence-corrected chi connectivity index (χ4v) is 3.29. The van der Waals surface area contributed by atoms with E-state index in [0.717, 1.165) is 25.7 Å². The molecule has 1 unspecified atom stereocenters. The minimum atomic E-state index is -0.768. The summed E-state index contributed by atoms with van der Waals surface area (Å²) in [5, 5.41) is 19.1. The first kappa shape index (κ1) is 9.93. The normalized spacial score (nSPS) is 47.4. The van der Waals surface area contributed by atoms with Gasteiger partial charge in [-0.3, -0.25) is 4.79 Å².